The zero-order valence-electron chi connectivity index (χ0n) is 13.9. The molecule has 1 N–H and O–H groups in total. The van der Waals surface area contributed by atoms with E-state index in [9.17, 15) is 9.90 Å². The van der Waals surface area contributed by atoms with Gasteiger partial charge in [0.1, 0.15) is 17.2 Å². The van der Waals surface area contributed by atoms with Gasteiger partial charge in [-0.3, -0.25) is 4.79 Å². The van der Waals surface area contributed by atoms with Gasteiger partial charge >= 0.3 is 0 Å². The number of nitrogens with zero attached hydrogens (tertiary/aromatic N) is 1. The first-order valence-corrected chi connectivity index (χ1v) is 7.58. The Labute approximate surface area is 140 Å². The van der Waals surface area contributed by atoms with Crippen molar-refractivity contribution >= 4 is 11.9 Å². The Morgan fingerprint density at radius 1 is 1.21 bits per heavy atom. The van der Waals surface area contributed by atoms with Crippen molar-refractivity contribution in [3.63, 3.8) is 0 Å². The number of hydrogen-bond acceptors (Lipinski definition) is 5. The number of para-hydroxylation sites is 1. The Bertz CT molecular complexity index is 824. The molecule has 1 heterocycles. The number of aromatic hydroxyl groups is 1. The van der Waals surface area contributed by atoms with Gasteiger partial charge in [0.15, 0.2) is 5.76 Å². The molecular weight excluding hydrogens is 306 g/mol. The highest BCUT2D eigenvalue weighted by atomic mass is 16.5. The summed E-state index contributed by atoms with van der Waals surface area (Å²) in [5, 5.41) is 10.1. The van der Waals surface area contributed by atoms with Gasteiger partial charge in [0.2, 0.25) is 5.78 Å². The molecule has 0 saturated carbocycles. The first-order valence-electron chi connectivity index (χ1n) is 7.58. The van der Waals surface area contributed by atoms with Gasteiger partial charge in [-0.2, -0.15) is 0 Å². The van der Waals surface area contributed by atoms with Crippen LogP contribution >= 0.6 is 0 Å². The number of carbonyl (C=O) groups is 1. The van der Waals surface area contributed by atoms with Crippen LogP contribution in [0.25, 0.3) is 6.08 Å². The van der Waals surface area contributed by atoms with E-state index in [0.29, 0.717) is 29.2 Å². The fraction of sp³-hybridized carbons (Fsp3) is 0.211. The zero-order valence-corrected chi connectivity index (χ0v) is 13.9. The van der Waals surface area contributed by atoms with Crippen molar-refractivity contribution in [3.05, 3.63) is 58.8 Å². The highest BCUT2D eigenvalue weighted by molar-refractivity contribution is 6.15. The number of benzene rings is 2. The van der Waals surface area contributed by atoms with Crippen LogP contribution < -0.4 is 9.47 Å². The lowest BCUT2D eigenvalue weighted by Crippen LogP contribution is -2.11. The smallest absolute Gasteiger partial charge is 0.231 e. The van der Waals surface area contributed by atoms with Gasteiger partial charge < -0.3 is 19.5 Å². The van der Waals surface area contributed by atoms with E-state index in [1.807, 2.05) is 43.3 Å². The Balaban J connectivity index is 2.03. The van der Waals surface area contributed by atoms with Crippen LogP contribution in [0.3, 0.4) is 0 Å². The van der Waals surface area contributed by atoms with Crippen molar-refractivity contribution in [1.29, 1.82) is 0 Å². The van der Waals surface area contributed by atoms with Crippen LogP contribution in [0.5, 0.6) is 17.2 Å². The van der Waals surface area contributed by atoms with Crippen molar-refractivity contribution in [2.24, 2.45) is 0 Å². The number of ketones is 1. The lowest BCUT2D eigenvalue weighted by molar-refractivity contribution is 0.101. The third-order valence-corrected chi connectivity index (χ3v) is 3.82. The predicted molar refractivity (Wildman–Crippen MR) is 91.4 cm³/mol. The van der Waals surface area contributed by atoms with E-state index in [1.54, 1.807) is 19.3 Å². The minimum Gasteiger partial charge on any atom is -0.507 e. The van der Waals surface area contributed by atoms with E-state index >= 15 is 0 Å². The molecule has 5 heteroatoms. The average Bonchev–Trinajstić information content (AvgIpc) is 2.87. The number of carbonyl (C=O) groups excluding carboxylic acids is 1. The van der Waals surface area contributed by atoms with Crippen molar-refractivity contribution in [2.75, 3.05) is 21.2 Å². The monoisotopic (exact) mass is 325 g/mol. The van der Waals surface area contributed by atoms with Crippen LogP contribution in [-0.4, -0.2) is 37.0 Å². The number of phenolic OH excluding ortho intramolecular Hbond substituents is 1. The largest absolute Gasteiger partial charge is 0.507 e. The molecular formula is C19H19NO4. The standard InChI is InChI=1S/C19H19NO4/c1-20(2)11-14-15(21)9-8-13-18(22)17(24-19(13)14)10-12-6-4-5-7-16(12)23-3/h4-10,21H,11H2,1-3H3/b17-10+. The van der Waals surface area contributed by atoms with Gasteiger partial charge in [-0.25, -0.2) is 0 Å². The second-order valence-corrected chi connectivity index (χ2v) is 5.86. The molecule has 2 aromatic carbocycles. The van der Waals surface area contributed by atoms with Gasteiger partial charge in [0, 0.05) is 12.1 Å². The van der Waals surface area contributed by atoms with Crippen LogP contribution in [0.2, 0.25) is 0 Å². The average molecular weight is 325 g/mol. The number of allylic oxidation sites excluding steroid dienone is 1. The van der Waals surface area contributed by atoms with Gasteiger partial charge in [-0.15, -0.1) is 0 Å². The van der Waals surface area contributed by atoms with E-state index in [-0.39, 0.29) is 17.3 Å². The number of phenols is 1. The molecule has 0 radical (unpaired) electrons. The summed E-state index contributed by atoms with van der Waals surface area (Å²) in [6.45, 7) is 0.476. The molecule has 3 rings (SSSR count). The molecule has 0 atom stereocenters. The fourth-order valence-corrected chi connectivity index (χ4v) is 2.69. The Kier molecular flexibility index (Phi) is 4.27. The summed E-state index contributed by atoms with van der Waals surface area (Å²) >= 11 is 0. The first kappa shape index (κ1) is 16.1. The van der Waals surface area contributed by atoms with Gasteiger partial charge in [0.05, 0.1) is 18.2 Å². The van der Waals surface area contributed by atoms with E-state index in [4.69, 9.17) is 9.47 Å². The van der Waals surface area contributed by atoms with Crippen molar-refractivity contribution in [3.8, 4) is 17.2 Å². The third kappa shape index (κ3) is 2.86. The lowest BCUT2D eigenvalue weighted by atomic mass is 10.0. The molecule has 0 aliphatic carbocycles. The Hall–Kier alpha value is -2.79. The highest BCUT2D eigenvalue weighted by Gasteiger charge is 2.31. The third-order valence-electron chi connectivity index (χ3n) is 3.82. The van der Waals surface area contributed by atoms with Crippen LogP contribution in [0.1, 0.15) is 21.5 Å². The summed E-state index contributed by atoms with van der Waals surface area (Å²) in [7, 11) is 5.36. The fourth-order valence-electron chi connectivity index (χ4n) is 2.69. The molecule has 0 amide bonds. The molecule has 1 aliphatic heterocycles. The molecule has 0 bridgehead atoms. The first-order chi connectivity index (χ1) is 11.5. The molecule has 0 aromatic heterocycles. The van der Waals surface area contributed by atoms with Crippen molar-refractivity contribution in [1.82, 2.24) is 4.90 Å². The maximum absolute atomic E-state index is 12.6. The molecule has 24 heavy (non-hydrogen) atoms. The molecule has 124 valence electrons. The summed E-state index contributed by atoms with van der Waals surface area (Å²) in [5.41, 5.74) is 1.83. The predicted octanol–water partition coefficient (Wildman–Crippen LogP) is 3.08. The van der Waals surface area contributed by atoms with Crippen LogP contribution in [0, 0.1) is 0 Å². The molecule has 2 aromatic rings. The summed E-state index contributed by atoms with van der Waals surface area (Å²) in [5.74, 6) is 1.23. The maximum atomic E-state index is 12.6. The Morgan fingerprint density at radius 2 is 1.96 bits per heavy atom. The molecule has 0 unspecified atom stereocenters. The summed E-state index contributed by atoms with van der Waals surface area (Å²) < 4.78 is 11.1. The second-order valence-electron chi connectivity index (χ2n) is 5.86. The molecule has 5 nitrogen and oxygen atoms in total. The number of rotatable bonds is 4. The molecule has 1 aliphatic rings. The summed E-state index contributed by atoms with van der Waals surface area (Å²) in [6.07, 6.45) is 1.66. The maximum Gasteiger partial charge on any atom is 0.231 e. The van der Waals surface area contributed by atoms with Crippen LogP contribution in [-0.2, 0) is 6.54 Å². The minimum absolute atomic E-state index is 0.119. The Morgan fingerprint density at radius 3 is 2.67 bits per heavy atom. The van der Waals surface area contributed by atoms with E-state index in [1.165, 1.54) is 6.07 Å². The van der Waals surface area contributed by atoms with Gasteiger partial charge in [0.25, 0.3) is 0 Å². The number of Topliss-reactive ketones (excluding diaryl/α,β-unsaturated/α-hetero) is 1. The quantitative estimate of drug-likeness (QED) is 0.876. The van der Waals surface area contributed by atoms with Crippen LogP contribution in [0.4, 0.5) is 0 Å². The molecule has 0 saturated heterocycles. The topological polar surface area (TPSA) is 59.0 Å². The zero-order chi connectivity index (χ0) is 17.3. The van der Waals surface area contributed by atoms with Crippen molar-refractivity contribution in [2.45, 2.75) is 6.54 Å². The van der Waals surface area contributed by atoms with Gasteiger partial charge in [-0.1, -0.05) is 18.2 Å². The van der Waals surface area contributed by atoms with Gasteiger partial charge in [-0.05, 0) is 38.4 Å². The van der Waals surface area contributed by atoms with Crippen LogP contribution in [0.15, 0.2) is 42.2 Å². The van der Waals surface area contributed by atoms with Crippen molar-refractivity contribution < 1.29 is 19.4 Å². The normalized spacial score (nSPS) is 14.8. The number of methoxy groups -OCH3 is 1. The van der Waals surface area contributed by atoms with E-state index < -0.39 is 0 Å². The van der Waals surface area contributed by atoms with E-state index in [0.717, 1.165) is 5.56 Å². The summed E-state index contributed by atoms with van der Waals surface area (Å²) in [4.78, 5) is 14.5. The second kappa shape index (κ2) is 6.37. The number of fused-ring (bicyclic) bond motifs is 1. The SMILES string of the molecule is COc1ccccc1/C=C1/Oc2c(ccc(O)c2CN(C)C)C1=O. The summed E-state index contributed by atoms with van der Waals surface area (Å²) in [6, 6.07) is 10.5. The van der Waals surface area contributed by atoms with E-state index in [2.05, 4.69) is 0 Å². The molecule has 0 fully saturated rings. The number of ether oxygens (including phenoxy) is 2. The lowest BCUT2D eigenvalue weighted by Gasteiger charge is -2.14. The number of hydrogen-bond donors (Lipinski definition) is 1. The molecule has 0 spiro atoms. The minimum atomic E-state index is -0.198. The highest BCUT2D eigenvalue weighted by Crippen LogP contribution is 2.40.